The van der Waals surface area contributed by atoms with E-state index >= 15 is 0 Å². The fourth-order valence-corrected chi connectivity index (χ4v) is 3.17. The molecule has 118 valence electrons. The van der Waals surface area contributed by atoms with Crippen molar-refractivity contribution in [3.8, 4) is 17.1 Å². The summed E-state index contributed by atoms with van der Waals surface area (Å²) in [5, 5.41) is 11.1. The average Bonchev–Trinajstić information content (AvgIpc) is 2.54. The van der Waals surface area contributed by atoms with Crippen molar-refractivity contribution in [2.24, 2.45) is 0 Å². The molecular weight excluding hydrogens is 306 g/mol. The van der Waals surface area contributed by atoms with E-state index in [9.17, 15) is 5.11 Å². The molecule has 5 heteroatoms. The first-order valence-electron chi connectivity index (χ1n) is 7.50. The predicted octanol–water partition coefficient (Wildman–Crippen LogP) is 4.18. The highest BCUT2D eigenvalue weighted by molar-refractivity contribution is 7.99. The van der Waals surface area contributed by atoms with Gasteiger partial charge in [0.15, 0.2) is 5.82 Å². The third kappa shape index (κ3) is 3.10. The Morgan fingerprint density at radius 3 is 2.57 bits per heavy atom. The number of benzene rings is 2. The molecule has 1 aromatic heterocycles. The highest BCUT2D eigenvalue weighted by Gasteiger charge is 2.13. The number of rotatable bonds is 4. The number of phenolic OH excluding ortho intramolecular Hbond substituents is 1. The van der Waals surface area contributed by atoms with Gasteiger partial charge in [0.25, 0.3) is 0 Å². The SMILES string of the molecule is CCSc1ccc2nc(-c3ccccc3O)nc(N(C)C)c2c1. The van der Waals surface area contributed by atoms with E-state index in [1.165, 1.54) is 4.90 Å². The Bertz CT molecular complexity index is 849. The summed E-state index contributed by atoms with van der Waals surface area (Å²) in [5.74, 6) is 2.61. The minimum atomic E-state index is 0.190. The van der Waals surface area contributed by atoms with Crippen LogP contribution in [0.1, 0.15) is 6.92 Å². The van der Waals surface area contributed by atoms with Gasteiger partial charge < -0.3 is 10.0 Å². The van der Waals surface area contributed by atoms with Gasteiger partial charge in [-0.05, 0) is 36.1 Å². The van der Waals surface area contributed by atoms with Crippen molar-refractivity contribution >= 4 is 28.5 Å². The maximum atomic E-state index is 10.1. The molecule has 0 aliphatic heterocycles. The van der Waals surface area contributed by atoms with Gasteiger partial charge in [-0.1, -0.05) is 19.1 Å². The lowest BCUT2D eigenvalue weighted by atomic mass is 10.1. The Kier molecular flexibility index (Phi) is 4.39. The number of anilines is 1. The van der Waals surface area contributed by atoms with Crippen LogP contribution in [0.2, 0.25) is 0 Å². The average molecular weight is 325 g/mol. The van der Waals surface area contributed by atoms with Gasteiger partial charge in [0.2, 0.25) is 0 Å². The molecule has 0 spiro atoms. The van der Waals surface area contributed by atoms with E-state index < -0.39 is 0 Å². The van der Waals surface area contributed by atoms with Crippen molar-refractivity contribution in [1.29, 1.82) is 0 Å². The van der Waals surface area contributed by atoms with E-state index in [0.29, 0.717) is 11.4 Å². The number of nitrogens with zero attached hydrogens (tertiary/aromatic N) is 3. The number of aromatic hydroxyl groups is 1. The molecule has 2 aromatic carbocycles. The predicted molar refractivity (Wildman–Crippen MR) is 97.4 cm³/mol. The lowest BCUT2D eigenvalue weighted by Gasteiger charge is -2.16. The van der Waals surface area contributed by atoms with Gasteiger partial charge in [0, 0.05) is 24.4 Å². The van der Waals surface area contributed by atoms with Crippen LogP contribution in [0, 0.1) is 0 Å². The summed E-state index contributed by atoms with van der Waals surface area (Å²) in [6.07, 6.45) is 0. The number of aromatic nitrogens is 2. The molecule has 0 bridgehead atoms. The van der Waals surface area contributed by atoms with E-state index in [0.717, 1.165) is 22.5 Å². The van der Waals surface area contributed by atoms with Crippen molar-refractivity contribution in [3.63, 3.8) is 0 Å². The molecule has 0 aliphatic carbocycles. The Morgan fingerprint density at radius 1 is 1.09 bits per heavy atom. The topological polar surface area (TPSA) is 49.3 Å². The van der Waals surface area contributed by atoms with Crippen LogP contribution in [0.5, 0.6) is 5.75 Å². The summed E-state index contributed by atoms with van der Waals surface area (Å²) in [4.78, 5) is 12.5. The Hall–Kier alpha value is -2.27. The molecule has 1 N–H and O–H groups in total. The number of hydrogen-bond acceptors (Lipinski definition) is 5. The Balaban J connectivity index is 2.23. The van der Waals surface area contributed by atoms with Gasteiger partial charge in [-0.15, -0.1) is 11.8 Å². The fraction of sp³-hybridized carbons (Fsp3) is 0.222. The third-order valence-corrected chi connectivity index (χ3v) is 4.40. The van der Waals surface area contributed by atoms with Crippen molar-refractivity contribution in [1.82, 2.24) is 9.97 Å². The molecule has 0 unspecified atom stereocenters. The summed E-state index contributed by atoms with van der Waals surface area (Å²) in [7, 11) is 3.94. The molecule has 23 heavy (non-hydrogen) atoms. The van der Waals surface area contributed by atoms with Gasteiger partial charge in [-0.3, -0.25) is 0 Å². The van der Waals surface area contributed by atoms with E-state index in [1.807, 2.05) is 37.2 Å². The maximum Gasteiger partial charge on any atom is 0.165 e. The first-order valence-corrected chi connectivity index (χ1v) is 8.49. The van der Waals surface area contributed by atoms with Crippen molar-refractivity contribution in [2.75, 3.05) is 24.7 Å². The smallest absolute Gasteiger partial charge is 0.165 e. The number of fused-ring (bicyclic) bond motifs is 1. The summed E-state index contributed by atoms with van der Waals surface area (Å²) in [6.45, 7) is 2.14. The second-order valence-electron chi connectivity index (χ2n) is 5.39. The molecule has 0 atom stereocenters. The molecule has 0 radical (unpaired) electrons. The molecule has 3 rings (SSSR count). The molecule has 3 aromatic rings. The molecule has 0 saturated carbocycles. The first-order chi connectivity index (χ1) is 11.1. The minimum Gasteiger partial charge on any atom is -0.507 e. The van der Waals surface area contributed by atoms with E-state index in [2.05, 4.69) is 29.0 Å². The van der Waals surface area contributed by atoms with E-state index in [4.69, 9.17) is 0 Å². The summed E-state index contributed by atoms with van der Waals surface area (Å²) >= 11 is 1.80. The number of para-hydroxylation sites is 1. The van der Waals surface area contributed by atoms with Crippen LogP contribution < -0.4 is 4.90 Å². The second-order valence-corrected chi connectivity index (χ2v) is 6.73. The monoisotopic (exact) mass is 325 g/mol. The van der Waals surface area contributed by atoms with Crippen molar-refractivity contribution in [2.45, 2.75) is 11.8 Å². The van der Waals surface area contributed by atoms with E-state index in [-0.39, 0.29) is 5.75 Å². The first kappa shape index (κ1) is 15.6. The third-order valence-electron chi connectivity index (χ3n) is 3.53. The fourth-order valence-electron chi connectivity index (χ4n) is 2.47. The van der Waals surface area contributed by atoms with Gasteiger partial charge >= 0.3 is 0 Å². The van der Waals surface area contributed by atoms with Crippen LogP contribution in [-0.4, -0.2) is 34.9 Å². The van der Waals surface area contributed by atoms with Gasteiger partial charge in [0.1, 0.15) is 11.6 Å². The van der Waals surface area contributed by atoms with Crippen molar-refractivity contribution < 1.29 is 5.11 Å². The minimum absolute atomic E-state index is 0.190. The summed E-state index contributed by atoms with van der Waals surface area (Å²) < 4.78 is 0. The normalized spacial score (nSPS) is 10.9. The van der Waals surface area contributed by atoms with Crippen molar-refractivity contribution in [3.05, 3.63) is 42.5 Å². The second kappa shape index (κ2) is 6.46. The summed E-state index contributed by atoms with van der Waals surface area (Å²) in [6, 6.07) is 13.4. The van der Waals surface area contributed by atoms with Gasteiger partial charge in [0.05, 0.1) is 11.1 Å². The molecular formula is C18H19N3OS. The van der Waals surface area contributed by atoms with Crippen LogP contribution in [0.4, 0.5) is 5.82 Å². The zero-order valence-corrected chi connectivity index (χ0v) is 14.3. The number of hydrogen-bond donors (Lipinski definition) is 1. The molecule has 1 heterocycles. The summed E-state index contributed by atoms with van der Waals surface area (Å²) in [5.41, 5.74) is 1.52. The zero-order valence-electron chi connectivity index (χ0n) is 13.4. The van der Waals surface area contributed by atoms with Crippen LogP contribution >= 0.6 is 11.8 Å². The number of phenols is 1. The molecule has 0 saturated heterocycles. The molecule has 0 amide bonds. The maximum absolute atomic E-state index is 10.1. The number of thioether (sulfide) groups is 1. The molecule has 0 aliphatic rings. The quantitative estimate of drug-likeness (QED) is 0.729. The van der Waals surface area contributed by atoms with Crippen LogP contribution in [0.3, 0.4) is 0 Å². The molecule has 4 nitrogen and oxygen atoms in total. The lowest BCUT2D eigenvalue weighted by molar-refractivity contribution is 0.477. The lowest BCUT2D eigenvalue weighted by Crippen LogP contribution is -2.12. The Morgan fingerprint density at radius 2 is 1.87 bits per heavy atom. The highest BCUT2D eigenvalue weighted by Crippen LogP contribution is 2.32. The largest absolute Gasteiger partial charge is 0.507 e. The highest BCUT2D eigenvalue weighted by atomic mass is 32.2. The van der Waals surface area contributed by atoms with Gasteiger partial charge in [-0.2, -0.15) is 0 Å². The molecule has 0 fully saturated rings. The zero-order chi connectivity index (χ0) is 16.4. The standard InChI is InChI=1S/C18H19N3OS/c1-4-23-12-9-10-15-14(11-12)18(21(2)3)20-17(19-15)13-7-5-6-8-16(13)22/h5-11,22H,4H2,1-3H3. The Labute approximate surface area is 140 Å². The van der Waals surface area contributed by atoms with Crippen LogP contribution in [0.25, 0.3) is 22.3 Å². The van der Waals surface area contributed by atoms with Crippen LogP contribution in [0.15, 0.2) is 47.4 Å². The van der Waals surface area contributed by atoms with E-state index in [1.54, 1.807) is 23.9 Å². The van der Waals surface area contributed by atoms with Gasteiger partial charge in [-0.25, -0.2) is 9.97 Å². The van der Waals surface area contributed by atoms with Crippen LogP contribution in [-0.2, 0) is 0 Å².